The molecule has 20 heavy (non-hydrogen) atoms. The van der Waals surface area contributed by atoms with E-state index in [0.29, 0.717) is 12.3 Å². The van der Waals surface area contributed by atoms with Crippen LogP contribution >= 0.6 is 11.6 Å². The van der Waals surface area contributed by atoms with Crippen molar-refractivity contribution < 1.29 is 13.0 Å². The molecule has 0 bridgehead atoms. The number of allylic oxidation sites excluding steroid dienone is 1. The Labute approximate surface area is 130 Å². The number of hydrogen-bond donors (Lipinski definition) is 2. The summed E-state index contributed by atoms with van der Waals surface area (Å²) < 4.78 is 13.3. The summed E-state index contributed by atoms with van der Waals surface area (Å²) in [5.74, 6) is 0.152. The standard InChI is InChI=1S/C14H18ClNO3Te/c15-7-6-10-8-20(19)14(11(10)16-13(14)18)12(17)9-4-2-1-3-5-9/h2,4,8-9,11-12,17H,1,3,5-7H2,(H,16,18)/t9?,11-,12-,14?/m0/s1. The number of hydrogen-bond acceptors (Lipinski definition) is 3. The monoisotopic (exact) mass is 413 g/mol. The molecule has 2 N–H and O–H groups in total. The fourth-order valence-electron chi connectivity index (χ4n) is 3.44. The van der Waals surface area contributed by atoms with Crippen molar-refractivity contribution in [2.24, 2.45) is 5.92 Å². The van der Waals surface area contributed by atoms with Gasteiger partial charge in [-0.3, -0.25) is 0 Å². The number of rotatable bonds is 4. The number of halogens is 1. The molecule has 6 heteroatoms. The minimum atomic E-state index is -3.03. The molecule has 3 aliphatic rings. The van der Waals surface area contributed by atoms with Crippen LogP contribution in [0, 0.1) is 5.92 Å². The summed E-state index contributed by atoms with van der Waals surface area (Å²) >= 11 is 2.73. The van der Waals surface area contributed by atoms with Gasteiger partial charge in [0.15, 0.2) is 0 Å². The third-order valence-electron chi connectivity index (χ3n) is 4.54. The van der Waals surface area contributed by atoms with Crippen molar-refractivity contribution in [2.45, 2.75) is 41.3 Å². The number of aliphatic hydroxyl groups excluding tert-OH is 1. The van der Waals surface area contributed by atoms with Crippen LogP contribution in [0.2, 0.25) is 3.46 Å². The van der Waals surface area contributed by atoms with Crippen LogP contribution in [0.15, 0.2) is 21.8 Å². The average Bonchev–Trinajstić information content (AvgIpc) is 2.67. The second kappa shape index (κ2) is 5.53. The number of carbonyl (C=O) groups is 1. The SMILES string of the molecule is O=C1N[C@H]2C(CCCl)=C[Te](=O)C12[C@@H](O)C1C=CCCC1. The molecule has 2 heterocycles. The van der Waals surface area contributed by atoms with Gasteiger partial charge in [-0.2, -0.15) is 0 Å². The molecule has 2 unspecified atom stereocenters. The molecule has 4 nitrogen and oxygen atoms in total. The number of fused-ring (bicyclic) bond motifs is 1. The maximum atomic E-state index is 12.6. The van der Waals surface area contributed by atoms with Crippen LogP contribution in [-0.4, -0.2) is 48.6 Å². The first-order chi connectivity index (χ1) is 9.62. The van der Waals surface area contributed by atoms with Crippen molar-refractivity contribution >= 4 is 37.0 Å². The zero-order valence-electron chi connectivity index (χ0n) is 11.0. The van der Waals surface area contributed by atoms with Gasteiger partial charge in [-0.1, -0.05) is 0 Å². The van der Waals surface area contributed by atoms with E-state index >= 15 is 0 Å². The van der Waals surface area contributed by atoms with E-state index in [9.17, 15) is 13.0 Å². The number of β-lactam (4-membered cyclic amide) rings is 1. The fraction of sp³-hybridized carbons (Fsp3) is 0.643. The first-order valence-corrected chi connectivity index (χ1v) is 10.9. The molecule has 0 saturated carbocycles. The van der Waals surface area contributed by atoms with Crippen LogP contribution in [0.3, 0.4) is 0 Å². The van der Waals surface area contributed by atoms with Gasteiger partial charge in [0.1, 0.15) is 0 Å². The Bertz CT molecular complexity index is 519. The van der Waals surface area contributed by atoms with Crippen LogP contribution in [0.5, 0.6) is 0 Å². The molecule has 110 valence electrons. The molecule has 0 spiro atoms. The molecule has 1 saturated heterocycles. The predicted octanol–water partition coefficient (Wildman–Crippen LogP) is 1.47. The van der Waals surface area contributed by atoms with Gasteiger partial charge in [0.05, 0.1) is 0 Å². The Morgan fingerprint density at radius 3 is 3.00 bits per heavy atom. The van der Waals surface area contributed by atoms with Crippen molar-refractivity contribution in [1.29, 1.82) is 0 Å². The molecular weight excluding hydrogens is 393 g/mol. The van der Waals surface area contributed by atoms with Gasteiger partial charge in [0, 0.05) is 0 Å². The zero-order valence-corrected chi connectivity index (χ0v) is 14.1. The summed E-state index contributed by atoms with van der Waals surface area (Å²) in [6.07, 6.45) is 6.71. The third-order valence-corrected chi connectivity index (χ3v) is 10.00. The van der Waals surface area contributed by atoms with Gasteiger partial charge in [0.2, 0.25) is 0 Å². The van der Waals surface area contributed by atoms with E-state index in [4.69, 9.17) is 11.6 Å². The second-order valence-electron chi connectivity index (χ2n) is 5.60. The van der Waals surface area contributed by atoms with Gasteiger partial charge >= 0.3 is 130 Å². The molecule has 1 amide bonds. The molecule has 4 atom stereocenters. The number of amides is 1. The Hall–Kier alpha value is -0.210. The van der Waals surface area contributed by atoms with Crippen LogP contribution in [0.1, 0.15) is 25.7 Å². The normalized spacial score (nSPS) is 37.9. The quantitative estimate of drug-likeness (QED) is 0.319. The van der Waals surface area contributed by atoms with Crippen molar-refractivity contribution in [3.05, 3.63) is 21.8 Å². The maximum absolute atomic E-state index is 12.6. The van der Waals surface area contributed by atoms with Crippen molar-refractivity contribution in [3.8, 4) is 0 Å². The average molecular weight is 411 g/mol. The zero-order chi connectivity index (χ0) is 14.3. The predicted molar refractivity (Wildman–Crippen MR) is 77.0 cm³/mol. The Morgan fingerprint density at radius 1 is 1.60 bits per heavy atom. The van der Waals surface area contributed by atoms with Crippen molar-refractivity contribution in [3.63, 3.8) is 0 Å². The van der Waals surface area contributed by atoms with Crippen molar-refractivity contribution in [2.75, 3.05) is 5.88 Å². The van der Waals surface area contributed by atoms with E-state index in [1.165, 1.54) is 0 Å². The molecule has 1 fully saturated rings. The van der Waals surface area contributed by atoms with E-state index in [2.05, 4.69) is 5.32 Å². The van der Waals surface area contributed by atoms with Gasteiger partial charge < -0.3 is 0 Å². The summed E-state index contributed by atoms with van der Waals surface area (Å²) in [6, 6.07) is -0.256. The van der Waals surface area contributed by atoms with Gasteiger partial charge in [-0.05, 0) is 0 Å². The summed E-state index contributed by atoms with van der Waals surface area (Å²) in [6.45, 7) is 0. The van der Waals surface area contributed by atoms with E-state index < -0.39 is 29.1 Å². The van der Waals surface area contributed by atoms with E-state index in [1.54, 1.807) is 4.12 Å². The number of alkyl halides is 1. The van der Waals surface area contributed by atoms with Gasteiger partial charge in [0.25, 0.3) is 0 Å². The van der Waals surface area contributed by atoms with Crippen LogP contribution in [0.4, 0.5) is 0 Å². The molecule has 0 radical (unpaired) electrons. The summed E-state index contributed by atoms with van der Waals surface area (Å²) in [5.41, 5.74) is 0.949. The van der Waals surface area contributed by atoms with Gasteiger partial charge in [-0.25, -0.2) is 0 Å². The molecule has 0 aromatic rings. The van der Waals surface area contributed by atoms with Gasteiger partial charge in [-0.15, -0.1) is 0 Å². The Kier molecular flexibility index (Phi) is 4.07. The van der Waals surface area contributed by atoms with Crippen LogP contribution in [-0.2, 0) is 7.90 Å². The topological polar surface area (TPSA) is 66.4 Å². The minimum absolute atomic E-state index is 0.0570. The van der Waals surface area contributed by atoms with E-state index in [1.807, 2.05) is 12.2 Å². The number of aliphatic hydroxyl groups is 1. The molecule has 0 aromatic heterocycles. The fourth-order valence-corrected chi connectivity index (χ4v) is 8.85. The molecule has 2 aliphatic heterocycles. The molecular formula is C14H18ClNO3Te. The van der Waals surface area contributed by atoms with E-state index in [0.717, 1.165) is 24.8 Å². The molecule has 1 aliphatic carbocycles. The third kappa shape index (κ3) is 1.94. The summed E-state index contributed by atoms with van der Waals surface area (Å²) in [7, 11) is 0. The Balaban J connectivity index is 1.90. The van der Waals surface area contributed by atoms with Crippen molar-refractivity contribution in [1.82, 2.24) is 5.32 Å². The Morgan fingerprint density at radius 2 is 2.40 bits per heavy atom. The van der Waals surface area contributed by atoms with Crippen LogP contribution < -0.4 is 5.32 Å². The van der Waals surface area contributed by atoms with E-state index in [-0.39, 0.29) is 17.9 Å². The van der Waals surface area contributed by atoms with Crippen LogP contribution in [0.25, 0.3) is 0 Å². The molecule has 0 aromatic carbocycles. The summed E-state index contributed by atoms with van der Waals surface area (Å²) in [4.78, 5) is 12.2. The molecule has 3 rings (SSSR count). The summed E-state index contributed by atoms with van der Waals surface area (Å²) in [5, 5.41) is 13.6. The number of nitrogens with one attached hydrogen (secondary N) is 1. The second-order valence-corrected chi connectivity index (χ2v) is 10.3. The number of carbonyl (C=O) groups excluding carboxylic acids is 1. The first-order valence-electron chi connectivity index (χ1n) is 6.95. The first kappa shape index (κ1) is 14.7.